The number of benzene rings is 2. The third-order valence-corrected chi connectivity index (χ3v) is 5.11. The number of carbonyl (C=O) groups excluding carboxylic acids is 1. The number of alkyl halides is 3. The van der Waals surface area contributed by atoms with Gasteiger partial charge in [0.05, 0.1) is 19.2 Å². The highest BCUT2D eigenvalue weighted by atomic mass is 19.4. The summed E-state index contributed by atoms with van der Waals surface area (Å²) in [5.41, 5.74) is 1.17. The average molecular weight is 407 g/mol. The van der Waals surface area contributed by atoms with Crippen LogP contribution < -0.4 is 4.74 Å². The van der Waals surface area contributed by atoms with Crippen molar-refractivity contribution in [3.8, 4) is 5.75 Å². The summed E-state index contributed by atoms with van der Waals surface area (Å²) in [5, 5.41) is 0. The smallest absolute Gasteiger partial charge is 0.416 e. The van der Waals surface area contributed by atoms with E-state index in [1.165, 1.54) is 19.2 Å². The molecule has 2 aromatic carbocycles. The fourth-order valence-corrected chi connectivity index (χ4v) is 3.47. The van der Waals surface area contributed by atoms with Crippen molar-refractivity contribution >= 4 is 5.97 Å². The van der Waals surface area contributed by atoms with E-state index in [1.54, 1.807) is 0 Å². The lowest BCUT2D eigenvalue weighted by Gasteiger charge is -2.23. The molecule has 1 aliphatic heterocycles. The van der Waals surface area contributed by atoms with Crippen LogP contribution in [0, 0.1) is 0 Å². The molecular weight excluding hydrogens is 383 g/mol. The Morgan fingerprint density at radius 2 is 1.69 bits per heavy atom. The standard InChI is InChI=1S/C22H24F3NO3/c1-28-21(27)14-26-12-2-3-19(26)15-29-20-10-6-17(7-11-20)13-16-4-8-18(9-5-16)22(23,24)25/h4-11,19H,2-3,12-15H2,1H3. The molecule has 3 rings (SSSR count). The lowest BCUT2D eigenvalue weighted by molar-refractivity contribution is -0.142. The van der Waals surface area contributed by atoms with Crippen LogP contribution in [-0.2, 0) is 22.1 Å². The zero-order valence-corrected chi connectivity index (χ0v) is 16.2. The Labute approximate surface area is 168 Å². The summed E-state index contributed by atoms with van der Waals surface area (Å²) in [6.45, 7) is 1.63. The van der Waals surface area contributed by atoms with Gasteiger partial charge in [0.1, 0.15) is 12.4 Å². The van der Waals surface area contributed by atoms with Crippen LogP contribution >= 0.6 is 0 Å². The van der Waals surface area contributed by atoms with Crippen LogP contribution in [0.25, 0.3) is 0 Å². The van der Waals surface area contributed by atoms with Crippen LogP contribution in [0.2, 0.25) is 0 Å². The van der Waals surface area contributed by atoms with E-state index in [0.717, 1.165) is 48.4 Å². The molecule has 2 aromatic rings. The fraction of sp³-hybridized carbons (Fsp3) is 0.409. The first kappa shape index (κ1) is 21.2. The number of ether oxygens (including phenoxy) is 2. The molecule has 1 heterocycles. The van der Waals surface area contributed by atoms with Crippen LogP contribution in [0.3, 0.4) is 0 Å². The van der Waals surface area contributed by atoms with Gasteiger partial charge in [0.2, 0.25) is 0 Å². The third kappa shape index (κ3) is 5.97. The number of nitrogens with zero attached hydrogens (tertiary/aromatic N) is 1. The monoisotopic (exact) mass is 407 g/mol. The van der Waals surface area contributed by atoms with Gasteiger partial charge in [-0.3, -0.25) is 9.69 Å². The SMILES string of the molecule is COC(=O)CN1CCCC1COc1ccc(Cc2ccc(C(F)(F)F)cc2)cc1. The second-order valence-electron chi connectivity index (χ2n) is 7.17. The van der Waals surface area contributed by atoms with Crippen molar-refractivity contribution in [2.24, 2.45) is 0 Å². The Balaban J connectivity index is 1.52. The van der Waals surface area contributed by atoms with Gasteiger partial charge in [-0.25, -0.2) is 0 Å². The van der Waals surface area contributed by atoms with Gasteiger partial charge < -0.3 is 9.47 Å². The van der Waals surface area contributed by atoms with Crippen LogP contribution in [-0.4, -0.2) is 43.7 Å². The number of methoxy groups -OCH3 is 1. The molecule has 1 fully saturated rings. The molecule has 1 aliphatic rings. The molecule has 1 atom stereocenters. The maximum Gasteiger partial charge on any atom is 0.416 e. The van der Waals surface area contributed by atoms with Crippen molar-refractivity contribution in [1.82, 2.24) is 4.90 Å². The molecule has 0 aliphatic carbocycles. The maximum atomic E-state index is 12.6. The van der Waals surface area contributed by atoms with E-state index in [-0.39, 0.29) is 18.6 Å². The zero-order valence-electron chi connectivity index (χ0n) is 16.2. The average Bonchev–Trinajstić information content (AvgIpc) is 3.14. The topological polar surface area (TPSA) is 38.8 Å². The fourth-order valence-electron chi connectivity index (χ4n) is 3.47. The molecule has 29 heavy (non-hydrogen) atoms. The van der Waals surface area contributed by atoms with E-state index in [0.29, 0.717) is 13.0 Å². The van der Waals surface area contributed by atoms with E-state index in [2.05, 4.69) is 4.90 Å². The molecule has 0 spiro atoms. The maximum absolute atomic E-state index is 12.6. The van der Waals surface area contributed by atoms with Crippen LogP contribution in [0.15, 0.2) is 48.5 Å². The summed E-state index contributed by atoms with van der Waals surface area (Å²) < 4.78 is 48.5. The number of carbonyl (C=O) groups is 1. The van der Waals surface area contributed by atoms with Crippen molar-refractivity contribution in [2.45, 2.75) is 31.5 Å². The first-order chi connectivity index (χ1) is 13.8. The number of hydrogen-bond acceptors (Lipinski definition) is 4. The van der Waals surface area contributed by atoms with E-state index < -0.39 is 11.7 Å². The Kier molecular flexibility index (Phi) is 6.79. The normalized spacial score (nSPS) is 17.3. The summed E-state index contributed by atoms with van der Waals surface area (Å²) in [6, 6.07) is 12.9. The molecule has 0 aromatic heterocycles. The molecule has 156 valence electrons. The minimum Gasteiger partial charge on any atom is -0.492 e. The molecule has 0 radical (unpaired) electrons. The second kappa shape index (κ2) is 9.31. The van der Waals surface area contributed by atoms with Gasteiger partial charge in [-0.1, -0.05) is 24.3 Å². The Morgan fingerprint density at radius 3 is 2.28 bits per heavy atom. The summed E-state index contributed by atoms with van der Waals surface area (Å²) >= 11 is 0. The van der Waals surface area contributed by atoms with E-state index >= 15 is 0 Å². The summed E-state index contributed by atoms with van der Waals surface area (Å²) in [4.78, 5) is 13.6. The largest absolute Gasteiger partial charge is 0.492 e. The number of esters is 1. The van der Waals surface area contributed by atoms with Crippen LogP contribution in [0.4, 0.5) is 13.2 Å². The summed E-state index contributed by atoms with van der Waals surface area (Å²) in [5.74, 6) is 0.482. The Morgan fingerprint density at radius 1 is 1.07 bits per heavy atom. The highest BCUT2D eigenvalue weighted by Gasteiger charge is 2.30. The molecule has 1 saturated heterocycles. The molecule has 4 nitrogen and oxygen atoms in total. The molecule has 7 heteroatoms. The molecule has 0 saturated carbocycles. The summed E-state index contributed by atoms with van der Waals surface area (Å²) in [6.07, 6.45) is -1.77. The van der Waals surface area contributed by atoms with Crippen molar-refractivity contribution in [3.05, 3.63) is 65.2 Å². The summed E-state index contributed by atoms with van der Waals surface area (Å²) in [7, 11) is 1.39. The first-order valence-corrected chi connectivity index (χ1v) is 9.54. The highest BCUT2D eigenvalue weighted by Crippen LogP contribution is 2.29. The minimum absolute atomic E-state index is 0.181. The van der Waals surface area contributed by atoms with Crippen molar-refractivity contribution in [1.29, 1.82) is 0 Å². The first-order valence-electron chi connectivity index (χ1n) is 9.54. The lowest BCUT2D eigenvalue weighted by Crippen LogP contribution is -2.38. The number of likely N-dealkylation sites (tertiary alicyclic amines) is 1. The van der Waals surface area contributed by atoms with E-state index in [4.69, 9.17) is 9.47 Å². The van der Waals surface area contributed by atoms with Gasteiger partial charge in [0, 0.05) is 6.04 Å². The van der Waals surface area contributed by atoms with Gasteiger partial charge in [0.25, 0.3) is 0 Å². The Hall–Kier alpha value is -2.54. The number of halogens is 3. The molecule has 0 amide bonds. The van der Waals surface area contributed by atoms with Gasteiger partial charge in [0.15, 0.2) is 0 Å². The number of rotatable bonds is 7. The van der Waals surface area contributed by atoms with Gasteiger partial charge >= 0.3 is 12.1 Å². The quantitative estimate of drug-likeness (QED) is 0.641. The van der Waals surface area contributed by atoms with Gasteiger partial charge in [-0.2, -0.15) is 13.2 Å². The third-order valence-electron chi connectivity index (χ3n) is 5.11. The minimum atomic E-state index is -4.32. The van der Waals surface area contributed by atoms with Crippen molar-refractivity contribution in [2.75, 3.05) is 26.8 Å². The van der Waals surface area contributed by atoms with E-state index in [1.807, 2.05) is 24.3 Å². The van der Waals surface area contributed by atoms with Crippen molar-refractivity contribution < 1.29 is 27.4 Å². The molecular formula is C22H24F3NO3. The van der Waals surface area contributed by atoms with Crippen LogP contribution in [0.1, 0.15) is 29.5 Å². The Bertz CT molecular complexity index is 804. The predicted octanol–water partition coefficient (Wildman–Crippen LogP) is 4.31. The number of hydrogen-bond donors (Lipinski definition) is 0. The predicted molar refractivity (Wildman–Crippen MR) is 103 cm³/mol. The molecule has 0 bridgehead atoms. The lowest BCUT2D eigenvalue weighted by atomic mass is 10.0. The highest BCUT2D eigenvalue weighted by molar-refractivity contribution is 5.71. The van der Waals surface area contributed by atoms with Crippen molar-refractivity contribution in [3.63, 3.8) is 0 Å². The van der Waals surface area contributed by atoms with Gasteiger partial charge in [-0.05, 0) is 61.2 Å². The second-order valence-corrected chi connectivity index (χ2v) is 7.17. The zero-order chi connectivity index (χ0) is 20.9. The van der Waals surface area contributed by atoms with Gasteiger partial charge in [-0.15, -0.1) is 0 Å². The molecule has 0 N–H and O–H groups in total. The molecule has 1 unspecified atom stereocenters. The van der Waals surface area contributed by atoms with Crippen LogP contribution in [0.5, 0.6) is 5.75 Å². The van der Waals surface area contributed by atoms with E-state index in [9.17, 15) is 18.0 Å².